The third-order valence-electron chi connectivity index (χ3n) is 1.95. The first-order valence-corrected chi connectivity index (χ1v) is 4.18. The summed E-state index contributed by atoms with van der Waals surface area (Å²) in [4.78, 5) is 10.8. The molecular weight excluding hydrogens is 180 g/mol. The number of hydrogen-bond acceptors (Lipinski definition) is 2. The summed E-state index contributed by atoms with van der Waals surface area (Å²) in [6.07, 6.45) is 1.40. The fraction of sp³-hybridized carbons (Fsp3) is 0.182. The van der Waals surface area contributed by atoms with E-state index in [-0.39, 0.29) is 0 Å². The minimum absolute atomic E-state index is 0.649. The largest absolute Gasteiger partial charge is 0.497 e. The van der Waals surface area contributed by atoms with Gasteiger partial charge in [-0.05, 0) is 17.7 Å². The third kappa shape index (κ3) is 2.13. The Morgan fingerprint density at radius 3 is 2.86 bits per heavy atom. The molecular formula is C11H12O3. The van der Waals surface area contributed by atoms with Crippen molar-refractivity contribution in [3.05, 3.63) is 42.5 Å². The predicted octanol–water partition coefficient (Wildman–Crippen LogP) is 2.05. The van der Waals surface area contributed by atoms with Crippen molar-refractivity contribution in [1.29, 1.82) is 0 Å². The lowest BCUT2D eigenvalue weighted by Crippen LogP contribution is -2.08. The highest BCUT2D eigenvalue weighted by Crippen LogP contribution is 2.21. The summed E-state index contributed by atoms with van der Waals surface area (Å²) in [6.45, 7) is 3.49. The van der Waals surface area contributed by atoms with Crippen LogP contribution in [-0.2, 0) is 4.79 Å². The van der Waals surface area contributed by atoms with E-state index in [1.165, 1.54) is 6.08 Å². The molecule has 0 saturated carbocycles. The maximum absolute atomic E-state index is 10.8. The number of methoxy groups -OCH3 is 1. The maximum Gasteiger partial charge on any atom is 0.314 e. The summed E-state index contributed by atoms with van der Waals surface area (Å²) in [5, 5.41) is 8.88. The van der Waals surface area contributed by atoms with E-state index < -0.39 is 11.9 Å². The molecule has 0 saturated heterocycles. The molecule has 1 unspecified atom stereocenters. The average Bonchev–Trinajstić information content (AvgIpc) is 2.19. The maximum atomic E-state index is 10.8. The van der Waals surface area contributed by atoms with Crippen molar-refractivity contribution in [3.8, 4) is 5.75 Å². The van der Waals surface area contributed by atoms with E-state index in [1.807, 2.05) is 0 Å². The highest BCUT2D eigenvalue weighted by Gasteiger charge is 2.15. The Morgan fingerprint density at radius 2 is 2.36 bits per heavy atom. The van der Waals surface area contributed by atoms with Gasteiger partial charge in [-0.15, -0.1) is 6.58 Å². The van der Waals surface area contributed by atoms with Crippen LogP contribution in [0.2, 0.25) is 0 Å². The summed E-state index contributed by atoms with van der Waals surface area (Å²) >= 11 is 0. The molecule has 0 spiro atoms. The van der Waals surface area contributed by atoms with Crippen molar-refractivity contribution in [2.45, 2.75) is 5.92 Å². The zero-order chi connectivity index (χ0) is 10.6. The van der Waals surface area contributed by atoms with Gasteiger partial charge in [0.2, 0.25) is 0 Å². The molecule has 1 rings (SSSR count). The van der Waals surface area contributed by atoms with E-state index in [2.05, 4.69) is 6.58 Å². The van der Waals surface area contributed by atoms with Crippen molar-refractivity contribution >= 4 is 5.97 Å². The number of carboxylic acids is 1. The Hall–Kier alpha value is -1.77. The first kappa shape index (κ1) is 10.3. The molecule has 0 aliphatic carbocycles. The van der Waals surface area contributed by atoms with Crippen molar-refractivity contribution in [3.63, 3.8) is 0 Å². The minimum Gasteiger partial charge on any atom is -0.497 e. The molecule has 0 amide bonds. The Labute approximate surface area is 82.6 Å². The normalized spacial score (nSPS) is 11.8. The van der Waals surface area contributed by atoms with Crippen LogP contribution in [0.1, 0.15) is 11.5 Å². The van der Waals surface area contributed by atoms with Crippen LogP contribution in [0.4, 0.5) is 0 Å². The number of rotatable bonds is 4. The third-order valence-corrected chi connectivity index (χ3v) is 1.95. The van der Waals surface area contributed by atoms with Gasteiger partial charge in [-0.25, -0.2) is 0 Å². The van der Waals surface area contributed by atoms with Crippen LogP contribution in [0.15, 0.2) is 36.9 Å². The summed E-state index contributed by atoms with van der Waals surface area (Å²) in [7, 11) is 1.54. The summed E-state index contributed by atoms with van der Waals surface area (Å²) in [6, 6.07) is 6.96. The predicted molar refractivity (Wildman–Crippen MR) is 53.6 cm³/mol. The van der Waals surface area contributed by atoms with Crippen LogP contribution in [0.5, 0.6) is 5.75 Å². The van der Waals surface area contributed by atoms with Gasteiger partial charge >= 0.3 is 5.97 Å². The molecule has 3 heteroatoms. The minimum atomic E-state index is -0.909. The van der Waals surface area contributed by atoms with Gasteiger partial charge < -0.3 is 9.84 Å². The lowest BCUT2D eigenvalue weighted by atomic mass is 9.99. The van der Waals surface area contributed by atoms with Crippen molar-refractivity contribution in [2.24, 2.45) is 0 Å². The van der Waals surface area contributed by atoms with Gasteiger partial charge in [0, 0.05) is 0 Å². The number of carboxylic acid groups (broad SMARTS) is 1. The SMILES string of the molecule is C=CC(C(=O)O)c1cccc(OC)c1. The van der Waals surface area contributed by atoms with Crippen LogP contribution in [-0.4, -0.2) is 18.2 Å². The molecule has 0 radical (unpaired) electrons. The smallest absolute Gasteiger partial charge is 0.314 e. The van der Waals surface area contributed by atoms with Gasteiger partial charge in [0.05, 0.1) is 13.0 Å². The number of carbonyl (C=O) groups is 1. The number of hydrogen-bond donors (Lipinski definition) is 1. The zero-order valence-corrected chi connectivity index (χ0v) is 7.93. The topological polar surface area (TPSA) is 46.5 Å². The fourth-order valence-corrected chi connectivity index (χ4v) is 1.21. The van der Waals surface area contributed by atoms with Crippen LogP contribution in [0.3, 0.4) is 0 Å². The standard InChI is InChI=1S/C11H12O3/c1-3-10(11(12)13)8-5-4-6-9(7-8)14-2/h3-7,10H,1H2,2H3,(H,12,13). The molecule has 1 atom stereocenters. The summed E-state index contributed by atoms with van der Waals surface area (Å²) in [5.41, 5.74) is 0.673. The Kier molecular flexibility index (Phi) is 3.29. The van der Waals surface area contributed by atoms with Gasteiger partial charge in [0.25, 0.3) is 0 Å². The van der Waals surface area contributed by atoms with E-state index in [1.54, 1.807) is 31.4 Å². The van der Waals surface area contributed by atoms with Crippen molar-refractivity contribution < 1.29 is 14.6 Å². The molecule has 14 heavy (non-hydrogen) atoms. The average molecular weight is 192 g/mol. The summed E-state index contributed by atoms with van der Waals surface area (Å²) < 4.78 is 5.00. The molecule has 0 aliphatic heterocycles. The zero-order valence-electron chi connectivity index (χ0n) is 7.93. The molecule has 0 bridgehead atoms. The van der Waals surface area contributed by atoms with Gasteiger partial charge in [-0.1, -0.05) is 18.2 Å². The van der Waals surface area contributed by atoms with Crippen molar-refractivity contribution in [2.75, 3.05) is 7.11 Å². The molecule has 0 aliphatic rings. The second-order valence-corrected chi connectivity index (χ2v) is 2.83. The molecule has 0 heterocycles. The number of aliphatic carboxylic acids is 1. The van der Waals surface area contributed by atoms with E-state index in [0.717, 1.165) is 0 Å². The van der Waals surface area contributed by atoms with Crippen LogP contribution >= 0.6 is 0 Å². The Morgan fingerprint density at radius 1 is 1.64 bits per heavy atom. The highest BCUT2D eigenvalue weighted by atomic mass is 16.5. The lowest BCUT2D eigenvalue weighted by molar-refractivity contribution is -0.137. The Balaban J connectivity index is 3.04. The molecule has 1 aromatic rings. The monoisotopic (exact) mass is 192 g/mol. The second kappa shape index (κ2) is 4.46. The van der Waals surface area contributed by atoms with E-state index in [4.69, 9.17) is 9.84 Å². The molecule has 3 nitrogen and oxygen atoms in total. The molecule has 0 aromatic heterocycles. The second-order valence-electron chi connectivity index (χ2n) is 2.83. The molecule has 0 fully saturated rings. The number of ether oxygens (including phenoxy) is 1. The summed E-state index contributed by atoms with van der Waals surface area (Å²) in [5.74, 6) is -0.936. The van der Waals surface area contributed by atoms with Crippen LogP contribution in [0.25, 0.3) is 0 Å². The molecule has 1 N–H and O–H groups in total. The van der Waals surface area contributed by atoms with Gasteiger partial charge in [-0.3, -0.25) is 4.79 Å². The van der Waals surface area contributed by atoms with E-state index >= 15 is 0 Å². The van der Waals surface area contributed by atoms with Gasteiger partial charge in [0.1, 0.15) is 5.75 Å². The quantitative estimate of drug-likeness (QED) is 0.742. The first-order valence-electron chi connectivity index (χ1n) is 4.18. The van der Waals surface area contributed by atoms with E-state index in [0.29, 0.717) is 11.3 Å². The van der Waals surface area contributed by atoms with E-state index in [9.17, 15) is 4.79 Å². The van der Waals surface area contributed by atoms with Crippen molar-refractivity contribution in [1.82, 2.24) is 0 Å². The first-order chi connectivity index (χ1) is 6.69. The van der Waals surface area contributed by atoms with Gasteiger partial charge in [-0.2, -0.15) is 0 Å². The molecule has 74 valence electrons. The van der Waals surface area contributed by atoms with Gasteiger partial charge in [0.15, 0.2) is 0 Å². The number of benzene rings is 1. The molecule has 1 aromatic carbocycles. The van der Waals surface area contributed by atoms with Crippen LogP contribution in [0, 0.1) is 0 Å². The van der Waals surface area contributed by atoms with Crippen LogP contribution < -0.4 is 4.74 Å². The highest BCUT2D eigenvalue weighted by molar-refractivity contribution is 5.78. The lowest BCUT2D eigenvalue weighted by Gasteiger charge is -2.08. The fourth-order valence-electron chi connectivity index (χ4n) is 1.21. The Bertz CT molecular complexity index is 344.